The molecule has 0 aliphatic carbocycles. The smallest absolute Gasteiger partial charge is 0.0448 e. The molecule has 166 valence electrons. The molecule has 3 nitrogen and oxygen atoms in total. The van der Waals surface area contributed by atoms with Crippen LogP contribution in [-0.4, -0.2) is 24.1 Å². The third-order valence-electron chi connectivity index (χ3n) is 6.25. The highest BCUT2D eigenvalue weighted by Crippen LogP contribution is 2.28. The summed E-state index contributed by atoms with van der Waals surface area (Å²) in [5.74, 6) is 0. The molecule has 4 rings (SSSR count). The minimum atomic E-state index is 0. The maximum atomic E-state index is 4.60. The summed E-state index contributed by atoms with van der Waals surface area (Å²) in [5.41, 5.74) is 9.07. The van der Waals surface area contributed by atoms with Gasteiger partial charge in [0.15, 0.2) is 0 Å². The zero-order valence-corrected chi connectivity index (χ0v) is 20.2. The number of anilines is 1. The number of rotatable bonds is 5. The number of aryl methyl sites for hydroxylation is 2. The van der Waals surface area contributed by atoms with Crippen molar-refractivity contribution in [1.82, 2.24) is 10.3 Å². The van der Waals surface area contributed by atoms with Gasteiger partial charge in [-0.05, 0) is 92.7 Å². The Labute approximate surface area is 199 Å². The predicted octanol–water partition coefficient (Wildman–Crippen LogP) is 6.28. The van der Waals surface area contributed by atoms with Crippen LogP contribution in [0.3, 0.4) is 0 Å². The van der Waals surface area contributed by atoms with Crippen LogP contribution in [0, 0.1) is 20.8 Å². The number of nitrogens with one attached hydrogen (secondary N) is 1. The van der Waals surface area contributed by atoms with Gasteiger partial charge in [-0.15, -0.1) is 24.8 Å². The van der Waals surface area contributed by atoms with Gasteiger partial charge in [0.2, 0.25) is 0 Å². The zero-order chi connectivity index (χ0) is 20.2. The Morgan fingerprint density at radius 3 is 2.16 bits per heavy atom. The second-order valence-electron chi connectivity index (χ2n) is 8.26. The number of hydrogen-bond acceptors (Lipinski definition) is 3. The van der Waals surface area contributed by atoms with Crippen molar-refractivity contribution in [2.45, 2.75) is 46.2 Å². The molecular formula is C26H33Cl2N3. The lowest BCUT2D eigenvalue weighted by Gasteiger charge is -2.36. The van der Waals surface area contributed by atoms with Gasteiger partial charge in [-0.25, -0.2) is 0 Å². The Balaban J connectivity index is 0.00000171. The largest absolute Gasteiger partial charge is 0.364 e. The summed E-state index contributed by atoms with van der Waals surface area (Å²) in [6.45, 7) is 9.65. The molecule has 1 N–H and O–H groups in total. The van der Waals surface area contributed by atoms with E-state index in [9.17, 15) is 0 Å². The van der Waals surface area contributed by atoms with Gasteiger partial charge in [0.05, 0.1) is 0 Å². The van der Waals surface area contributed by atoms with Crippen LogP contribution in [0.1, 0.15) is 35.1 Å². The molecular weight excluding hydrogens is 425 g/mol. The van der Waals surface area contributed by atoms with Crippen molar-refractivity contribution in [3.63, 3.8) is 0 Å². The third kappa shape index (κ3) is 6.00. The van der Waals surface area contributed by atoms with Gasteiger partial charge in [0, 0.05) is 36.2 Å². The maximum absolute atomic E-state index is 4.60. The van der Waals surface area contributed by atoms with Crippen LogP contribution >= 0.6 is 24.8 Å². The molecule has 0 amide bonds. The third-order valence-corrected chi connectivity index (χ3v) is 6.25. The van der Waals surface area contributed by atoms with Crippen molar-refractivity contribution in [2.75, 3.05) is 18.0 Å². The molecule has 1 aliphatic heterocycles. The quantitative estimate of drug-likeness (QED) is 0.488. The summed E-state index contributed by atoms with van der Waals surface area (Å²) in [5, 5.41) is 3.49. The van der Waals surface area contributed by atoms with Crippen LogP contribution < -0.4 is 10.2 Å². The van der Waals surface area contributed by atoms with Gasteiger partial charge < -0.3 is 10.2 Å². The Kier molecular flexibility index (Phi) is 9.36. The molecule has 2 aromatic carbocycles. The van der Waals surface area contributed by atoms with Gasteiger partial charge in [0.1, 0.15) is 0 Å². The number of nitrogens with zero attached hydrogens (tertiary/aromatic N) is 2. The van der Waals surface area contributed by atoms with Crippen LogP contribution in [0.2, 0.25) is 0 Å². The number of benzene rings is 2. The fourth-order valence-corrected chi connectivity index (χ4v) is 4.30. The van der Waals surface area contributed by atoms with E-state index in [4.69, 9.17) is 0 Å². The summed E-state index contributed by atoms with van der Waals surface area (Å²) < 4.78 is 0. The van der Waals surface area contributed by atoms with E-state index in [1.807, 2.05) is 12.4 Å². The molecule has 3 aromatic rings. The van der Waals surface area contributed by atoms with E-state index in [2.05, 4.69) is 84.5 Å². The van der Waals surface area contributed by atoms with E-state index in [-0.39, 0.29) is 24.8 Å². The first-order chi connectivity index (χ1) is 14.1. The van der Waals surface area contributed by atoms with Crippen molar-refractivity contribution in [3.8, 4) is 11.1 Å². The average Bonchev–Trinajstić information content (AvgIpc) is 2.77. The lowest BCUT2D eigenvalue weighted by Crippen LogP contribution is -2.43. The normalized spacial score (nSPS) is 13.8. The highest BCUT2D eigenvalue weighted by Gasteiger charge is 2.21. The number of piperidine rings is 1. The molecule has 0 unspecified atom stereocenters. The summed E-state index contributed by atoms with van der Waals surface area (Å²) in [4.78, 5) is 7.16. The van der Waals surface area contributed by atoms with E-state index >= 15 is 0 Å². The first kappa shape index (κ1) is 25.2. The molecule has 0 saturated carbocycles. The summed E-state index contributed by atoms with van der Waals surface area (Å²) in [7, 11) is 0. The Bertz CT molecular complexity index is 946. The topological polar surface area (TPSA) is 28.2 Å². The number of para-hydroxylation sites is 1. The minimum absolute atomic E-state index is 0. The van der Waals surface area contributed by atoms with E-state index in [0.717, 1.165) is 19.6 Å². The first-order valence-corrected chi connectivity index (χ1v) is 10.7. The molecule has 1 aliphatic rings. The van der Waals surface area contributed by atoms with Crippen molar-refractivity contribution < 1.29 is 0 Å². The molecule has 1 aromatic heterocycles. The standard InChI is InChI=1S/C26H31N3.2ClH/c1-19-13-23(14-20(2)21(19)3)24-15-22(16-28-17-24)18-29(25-7-5-4-6-8-25)26-9-11-27-12-10-26;;/h4-8,13-17,26-27H,9-12,18H2,1-3H3;2*1H. The van der Waals surface area contributed by atoms with Gasteiger partial charge >= 0.3 is 0 Å². The fraction of sp³-hybridized carbons (Fsp3) is 0.346. The van der Waals surface area contributed by atoms with Gasteiger partial charge in [0.25, 0.3) is 0 Å². The minimum Gasteiger partial charge on any atom is -0.364 e. The highest BCUT2D eigenvalue weighted by atomic mass is 35.5. The second-order valence-corrected chi connectivity index (χ2v) is 8.26. The molecule has 31 heavy (non-hydrogen) atoms. The van der Waals surface area contributed by atoms with E-state index in [1.54, 1.807) is 0 Å². The summed E-state index contributed by atoms with van der Waals surface area (Å²) in [6.07, 6.45) is 6.37. The van der Waals surface area contributed by atoms with Crippen LogP contribution in [0.4, 0.5) is 5.69 Å². The van der Waals surface area contributed by atoms with Crippen LogP contribution in [0.25, 0.3) is 11.1 Å². The number of aromatic nitrogens is 1. The zero-order valence-electron chi connectivity index (χ0n) is 18.6. The molecule has 0 atom stereocenters. The highest BCUT2D eigenvalue weighted by molar-refractivity contribution is 5.85. The molecule has 0 spiro atoms. The molecule has 1 saturated heterocycles. The molecule has 1 fully saturated rings. The van der Waals surface area contributed by atoms with Gasteiger partial charge in [-0.2, -0.15) is 0 Å². The Morgan fingerprint density at radius 1 is 0.871 bits per heavy atom. The van der Waals surface area contributed by atoms with Crippen LogP contribution in [-0.2, 0) is 6.54 Å². The number of pyridine rings is 1. The van der Waals surface area contributed by atoms with Crippen molar-refractivity contribution in [3.05, 3.63) is 83.2 Å². The summed E-state index contributed by atoms with van der Waals surface area (Å²) >= 11 is 0. The lowest BCUT2D eigenvalue weighted by molar-refractivity contribution is 0.428. The average molecular weight is 458 g/mol. The van der Waals surface area contributed by atoms with E-state index in [0.29, 0.717) is 6.04 Å². The predicted molar refractivity (Wildman–Crippen MR) is 137 cm³/mol. The molecule has 0 radical (unpaired) electrons. The van der Waals surface area contributed by atoms with E-state index < -0.39 is 0 Å². The Hall–Kier alpha value is -2.07. The van der Waals surface area contributed by atoms with Crippen molar-refractivity contribution in [1.29, 1.82) is 0 Å². The lowest BCUT2D eigenvalue weighted by atomic mass is 9.96. The number of hydrogen-bond donors (Lipinski definition) is 1. The van der Waals surface area contributed by atoms with Crippen molar-refractivity contribution in [2.24, 2.45) is 0 Å². The van der Waals surface area contributed by atoms with Crippen LogP contribution in [0.15, 0.2) is 60.9 Å². The maximum Gasteiger partial charge on any atom is 0.0448 e. The number of halogens is 2. The monoisotopic (exact) mass is 457 g/mol. The Morgan fingerprint density at radius 2 is 1.52 bits per heavy atom. The van der Waals surface area contributed by atoms with Gasteiger partial charge in [-0.1, -0.05) is 30.3 Å². The van der Waals surface area contributed by atoms with E-state index in [1.165, 1.54) is 51.9 Å². The fourth-order valence-electron chi connectivity index (χ4n) is 4.30. The van der Waals surface area contributed by atoms with Crippen molar-refractivity contribution >= 4 is 30.5 Å². The molecule has 5 heteroatoms. The summed E-state index contributed by atoms with van der Waals surface area (Å²) in [6, 6.07) is 18.3. The molecule has 2 heterocycles. The van der Waals surface area contributed by atoms with Crippen LogP contribution in [0.5, 0.6) is 0 Å². The van der Waals surface area contributed by atoms with Gasteiger partial charge in [-0.3, -0.25) is 4.98 Å². The first-order valence-electron chi connectivity index (χ1n) is 10.7. The molecule has 0 bridgehead atoms. The second kappa shape index (κ2) is 11.5. The SMILES string of the molecule is Cc1cc(-c2cncc(CN(c3ccccc3)C3CCNCC3)c2)cc(C)c1C.Cl.Cl.